The predicted molar refractivity (Wildman–Crippen MR) is 121 cm³/mol. The number of halogens is 1. The first-order chi connectivity index (χ1) is 16.4. The molecule has 1 aliphatic rings. The molecule has 11 nitrogen and oxygen atoms in total. The second-order valence-corrected chi connectivity index (χ2v) is 11.9. The molecule has 0 spiro atoms. The number of rotatable bonds is 9. The fourth-order valence-electron chi connectivity index (χ4n) is 3.45. The van der Waals surface area contributed by atoms with Crippen LogP contribution < -0.4 is 9.47 Å². The molecule has 1 aromatic carbocycles. The van der Waals surface area contributed by atoms with Crippen molar-refractivity contribution in [2.75, 3.05) is 38.8 Å². The van der Waals surface area contributed by atoms with Crippen LogP contribution in [0.1, 0.15) is 19.8 Å². The highest BCUT2D eigenvalue weighted by atomic mass is 32.2. The fraction of sp³-hybridized carbons (Fsp3) is 0.476. The first kappa shape index (κ1) is 26.8. The zero-order valence-corrected chi connectivity index (χ0v) is 21.1. The molecular weight excluding hydrogens is 505 g/mol. The lowest BCUT2D eigenvalue weighted by molar-refractivity contribution is -0.144. The SMILES string of the molecule is CCOC(=O)CN1CCC(Oc2ncnc(Oc3ccc(S(C)(=O)=O)cc3F)c2S(C)(=O)=O)CC1. The molecule has 0 saturated carbocycles. The quantitative estimate of drug-likeness (QED) is 0.436. The van der Waals surface area contributed by atoms with Gasteiger partial charge >= 0.3 is 5.97 Å². The van der Waals surface area contributed by atoms with E-state index < -0.39 is 42.0 Å². The van der Waals surface area contributed by atoms with Gasteiger partial charge in [-0.15, -0.1) is 0 Å². The zero-order chi connectivity index (χ0) is 25.8. The second-order valence-electron chi connectivity index (χ2n) is 7.95. The van der Waals surface area contributed by atoms with Crippen molar-refractivity contribution in [3.8, 4) is 17.5 Å². The maximum absolute atomic E-state index is 14.5. The number of carbonyl (C=O) groups excluding carboxylic acids is 1. The van der Waals surface area contributed by atoms with E-state index in [0.29, 0.717) is 32.5 Å². The first-order valence-electron chi connectivity index (χ1n) is 10.7. The van der Waals surface area contributed by atoms with Crippen molar-refractivity contribution in [1.29, 1.82) is 0 Å². The van der Waals surface area contributed by atoms with Gasteiger partial charge < -0.3 is 14.2 Å². The van der Waals surface area contributed by atoms with E-state index in [0.717, 1.165) is 37.0 Å². The van der Waals surface area contributed by atoms with Crippen molar-refractivity contribution in [2.45, 2.75) is 35.7 Å². The number of hydrogen-bond acceptors (Lipinski definition) is 11. The number of carbonyl (C=O) groups is 1. The van der Waals surface area contributed by atoms with Crippen LogP contribution in [0.4, 0.5) is 4.39 Å². The summed E-state index contributed by atoms with van der Waals surface area (Å²) in [6.45, 7) is 3.25. The summed E-state index contributed by atoms with van der Waals surface area (Å²) in [5, 5.41) is 0. The standard InChI is InChI=1S/C21H26FN3O8S2/c1-4-31-18(26)12-25-9-7-14(8-10-25)32-20-19(35(3,29)30)21(24-13-23-20)33-17-6-5-15(11-16(17)22)34(2,27)28/h5-6,11,13-14H,4,7-10,12H2,1-3H3. The van der Waals surface area contributed by atoms with E-state index in [1.54, 1.807) is 6.92 Å². The number of piperidine rings is 1. The van der Waals surface area contributed by atoms with E-state index in [9.17, 15) is 26.0 Å². The highest BCUT2D eigenvalue weighted by Gasteiger charge is 2.29. The molecule has 1 saturated heterocycles. The molecule has 35 heavy (non-hydrogen) atoms. The highest BCUT2D eigenvalue weighted by Crippen LogP contribution is 2.35. The number of sulfone groups is 2. The monoisotopic (exact) mass is 531 g/mol. The molecule has 0 bridgehead atoms. The molecule has 0 radical (unpaired) electrons. The van der Waals surface area contributed by atoms with Gasteiger partial charge in [-0.1, -0.05) is 0 Å². The molecule has 2 heterocycles. The molecule has 0 unspecified atom stereocenters. The Kier molecular flexibility index (Phi) is 8.28. The Bertz CT molecular complexity index is 1290. The van der Waals surface area contributed by atoms with Crippen molar-refractivity contribution < 1.29 is 40.2 Å². The van der Waals surface area contributed by atoms with Crippen molar-refractivity contribution in [1.82, 2.24) is 14.9 Å². The first-order valence-corrected chi connectivity index (χ1v) is 14.4. The van der Waals surface area contributed by atoms with Crippen LogP contribution in [0.2, 0.25) is 0 Å². The van der Waals surface area contributed by atoms with Crippen molar-refractivity contribution >= 4 is 25.6 Å². The fourth-order valence-corrected chi connectivity index (χ4v) is 4.91. The summed E-state index contributed by atoms with van der Waals surface area (Å²) >= 11 is 0. The summed E-state index contributed by atoms with van der Waals surface area (Å²) in [7, 11) is -7.63. The maximum atomic E-state index is 14.5. The number of benzene rings is 1. The van der Waals surface area contributed by atoms with Gasteiger partial charge in [-0.25, -0.2) is 31.2 Å². The number of likely N-dealkylation sites (tertiary alicyclic amines) is 1. The minimum Gasteiger partial charge on any atom is -0.473 e. The lowest BCUT2D eigenvalue weighted by Crippen LogP contribution is -2.41. The van der Waals surface area contributed by atoms with Crippen LogP contribution in [0.3, 0.4) is 0 Å². The Morgan fingerprint density at radius 2 is 1.74 bits per heavy atom. The van der Waals surface area contributed by atoms with Gasteiger partial charge in [-0.05, 0) is 38.0 Å². The number of hydrogen-bond donors (Lipinski definition) is 0. The smallest absolute Gasteiger partial charge is 0.320 e. The van der Waals surface area contributed by atoms with Gasteiger partial charge in [0.25, 0.3) is 0 Å². The van der Waals surface area contributed by atoms with E-state index in [1.807, 2.05) is 4.90 Å². The van der Waals surface area contributed by atoms with E-state index >= 15 is 0 Å². The summed E-state index contributed by atoms with van der Waals surface area (Å²) in [5.41, 5.74) is 0. The Morgan fingerprint density at radius 1 is 1.09 bits per heavy atom. The van der Waals surface area contributed by atoms with Gasteiger partial charge in [-0.3, -0.25) is 9.69 Å². The molecule has 1 aromatic heterocycles. The van der Waals surface area contributed by atoms with Gasteiger partial charge in [0.05, 0.1) is 18.0 Å². The van der Waals surface area contributed by atoms with Gasteiger partial charge in [0.1, 0.15) is 12.4 Å². The highest BCUT2D eigenvalue weighted by molar-refractivity contribution is 7.91. The third kappa shape index (κ3) is 7.08. The number of esters is 1. The molecule has 0 aliphatic carbocycles. The van der Waals surface area contributed by atoms with E-state index in [4.69, 9.17) is 14.2 Å². The molecule has 0 N–H and O–H groups in total. The van der Waals surface area contributed by atoms with Crippen LogP contribution in [-0.2, 0) is 29.2 Å². The molecular formula is C21H26FN3O8S2. The maximum Gasteiger partial charge on any atom is 0.320 e. The molecule has 0 atom stereocenters. The summed E-state index contributed by atoms with van der Waals surface area (Å²) in [5.74, 6) is -2.44. The molecule has 2 aromatic rings. The molecule has 192 valence electrons. The average Bonchev–Trinajstić information content (AvgIpc) is 2.75. The average molecular weight is 532 g/mol. The summed E-state index contributed by atoms with van der Waals surface area (Å²) in [4.78, 5) is 20.6. The van der Waals surface area contributed by atoms with Crippen molar-refractivity contribution in [3.05, 3.63) is 30.3 Å². The third-order valence-electron chi connectivity index (χ3n) is 5.12. The van der Waals surface area contributed by atoms with Gasteiger partial charge in [0, 0.05) is 25.6 Å². The summed E-state index contributed by atoms with van der Waals surface area (Å²) < 4.78 is 79.0. The topological polar surface area (TPSA) is 142 Å². The van der Waals surface area contributed by atoms with Crippen LogP contribution in [0.15, 0.2) is 34.3 Å². The van der Waals surface area contributed by atoms with Crippen LogP contribution >= 0.6 is 0 Å². The number of nitrogens with zero attached hydrogens (tertiary/aromatic N) is 3. The van der Waals surface area contributed by atoms with Crippen LogP contribution in [0.5, 0.6) is 17.5 Å². The Balaban J connectivity index is 1.80. The Labute approximate surface area is 203 Å². The lowest BCUT2D eigenvalue weighted by atomic mass is 10.1. The normalized spacial score (nSPS) is 15.5. The molecule has 3 rings (SSSR count). The van der Waals surface area contributed by atoms with Crippen molar-refractivity contribution in [3.63, 3.8) is 0 Å². The van der Waals surface area contributed by atoms with E-state index in [1.165, 1.54) is 0 Å². The minimum absolute atomic E-state index is 0.157. The molecule has 14 heteroatoms. The van der Waals surface area contributed by atoms with E-state index in [-0.39, 0.29) is 29.4 Å². The van der Waals surface area contributed by atoms with Crippen LogP contribution in [0, 0.1) is 5.82 Å². The lowest BCUT2D eigenvalue weighted by Gasteiger charge is -2.31. The predicted octanol–water partition coefficient (Wildman–Crippen LogP) is 1.62. The largest absolute Gasteiger partial charge is 0.473 e. The minimum atomic E-state index is -3.98. The zero-order valence-electron chi connectivity index (χ0n) is 19.4. The van der Waals surface area contributed by atoms with Crippen LogP contribution in [0.25, 0.3) is 0 Å². The molecule has 1 aliphatic heterocycles. The molecule has 1 fully saturated rings. The third-order valence-corrected chi connectivity index (χ3v) is 7.32. The number of aromatic nitrogens is 2. The van der Waals surface area contributed by atoms with Crippen LogP contribution in [-0.4, -0.2) is 82.5 Å². The van der Waals surface area contributed by atoms with E-state index in [2.05, 4.69) is 9.97 Å². The second kappa shape index (κ2) is 10.8. The van der Waals surface area contributed by atoms with Crippen molar-refractivity contribution in [2.24, 2.45) is 0 Å². The summed E-state index contributed by atoms with van der Waals surface area (Å²) in [6, 6.07) is 2.98. The van der Waals surface area contributed by atoms with Gasteiger partial charge in [0.2, 0.25) is 11.8 Å². The Hall–Kier alpha value is -2.84. The van der Waals surface area contributed by atoms with Gasteiger partial charge in [-0.2, -0.15) is 0 Å². The van der Waals surface area contributed by atoms with Gasteiger partial charge in [0.15, 0.2) is 36.1 Å². The number of ether oxygens (including phenoxy) is 3. The Morgan fingerprint density at radius 3 is 2.31 bits per heavy atom. The summed E-state index contributed by atoms with van der Waals surface area (Å²) in [6.07, 6.45) is 3.49. The molecule has 0 amide bonds.